The maximum absolute atomic E-state index is 13.4. The molecule has 24 heavy (non-hydrogen) atoms. The number of halogens is 1. The molecule has 1 aliphatic heterocycles. The van der Waals surface area contributed by atoms with Crippen molar-refractivity contribution in [2.24, 2.45) is 0 Å². The number of nitrogens with one attached hydrogen (secondary N) is 1. The van der Waals surface area contributed by atoms with E-state index in [1.807, 2.05) is 6.92 Å². The summed E-state index contributed by atoms with van der Waals surface area (Å²) in [6.07, 6.45) is 4.63. The van der Waals surface area contributed by atoms with Crippen LogP contribution in [0.3, 0.4) is 0 Å². The second-order valence-electron chi connectivity index (χ2n) is 5.86. The Balaban J connectivity index is 1.76. The number of hydrogen-bond donors (Lipinski definition) is 1. The first-order valence-corrected chi connectivity index (χ1v) is 7.84. The third kappa shape index (κ3) is 3.27. The predicted octanol–water partition coefficient (Wildman–Crippen LogP) is 2.83. The van der Waals surface area contributed by atoms with Crippen molar-refractivity contribution in [3.63, 3.8) is 0 Å². The number of amides is 2. The molecule has 0 aliphatic carbocycles. The summed E-state index contributed by atoms with van der Waals surface area (Å²) in [7, 11) is 0. The molecule has 1 N–H and O–H groups in total. The normalized spacial score (nSPS) is 16.9. The number of nitrogens with zero attached hydrogens (tertiary/aromatic N) is 2. The maximum Gasteiger partial charge on any atom is 0.313 e. The molecule has 0 bridgehead atoms. The van der Waals surface area contributed by atoms with Crippen LogP contribution in [0.25, 0.3) is 0 Å². The Morgan fingerprint density at radius 2 is 2.17 bits per heavy atom. The van der Waals surface area contributed by atoms with E-state index in [0.717, 1.165) is 12.0 Å². The van der Waals surface area contributed by atoms with Crippen LogP contribution in [0.4, 0.5) is 10.1 Å². The standard InChI is InChI=1S/C18H18FN3O2/c1-12-7-8-20-11-15(12)21-17(23)18(24)22-9-3-6-16(22)13-4-2-5-14(19)10-13/h2,4-5,7-8,10-11,16H,3,6,9H2,1H3,(H,21,23). The minimum Gasteiger partial charge on any atom is -0.327 e. The molecule has 0 saturated carbocycles. The molecule has 1 aromatic carbocycles. The van der Waals surface area contributed by atoms with Gasteiger partial charge in [-0.3, -0.25) is 14.6 Å². The van der Waals surface area contributed by atoms with E-state index in [4.69, 9.17) is 0 Å². The van der Waals surface area contributed by atoms with Crippen LogP contribution in [0.1, 0.15) is 30.0 Å². The van der Waals surface area contributed by atoms with Crippen molar-refractivity contribution < 1.29 is 14.0 Å². The molecule has 1 fully saturated rings. The number of aryl methyl sites for hydroxylation is 1. The molecule has 3 rings (SSSR count). The van der Waals surface area contributed by atoms with Gasteiger partial charge in [-0.15, -0.1) is 0 Å². The summed E-state index contributed by atoms with van der Waals surface area (Å²) >= 11 is 0. The first-order valence-electron chi connectivity index (χ1n) is 7.84. The number of benzene rings is 1. The van der Waals surface area contributed by atoms with Crippen molar-refractivity contribution in [3.05, 3.63) is 59.7 Å². The fourth-order valence-electron chi connectivity index (χ4n) is 2.97. The van der Waals surface area contributed by atoms with Crippen LogP contribution < -0.4 is 5.32 Å². The van der Waals surface area contributed by atoms with Gasteiger partial charge in [0.05, 0.1) is 17.9 Å². The third-order valence-electron chi connectivity index (χ3n) is 4.23. The molecule has 6 heteroatoms. The molecule has 1 aliphatic rings. The zero-order valence-electron chi connectivity index (χ0n) is 13.3. The van der Waals surface area contributed by atoms with Gasteiger partial charge in [0.15, 0.2) is 0 Å². The molecular formula is C18H18FN3O2. The second-order valence-corrected chi connectivity index (χ2v) is 5.86. The first-order chi connectivity index (χ1) is 11.6. The first kappa shape index (κ1) is 16.1. The molecule has 1 saturated heterocycles. The molecule has 2 aromatic rings. The highest BCUT2D eigenvalue weighted by atomic mass is 19.1. The Labute approximate surface area is 139 Å². The lowest BCUT2D eigenvalue weighted by Crippen LogP contribution is -2.39. The Hall–Kier alpha value is -2.76. The van der Waals surface area contributed by atoms with Gasteiger partial charge in [0.25, 0.3) is 0 Å². The van der Waals surface area contributed by atoms with Gasteiger partial charge in [0, 0.05) is 12.7 Å². The number of carbonyl (C=O) groups excluding carboxylic acids is 2. The van der Waals surface area contributed by atoms with Crippen molar-refractivity contribution in [3.8, 4) is 0 Å². The number of rotatable bonds is 2. The van der Waals surface area contributed by atoms with E-state index >= 15 is 0 Å². The van der Waals surface area contributed by atoms with Crippen LogP contribution >= 0.6 is 0 Å². The van der Waals surface area contributed by atoms with Crippen LogP contribution in [0.15, 0.2) is 42.7 Å². The molecule has 1 unspecified atom stereocenters. The van der Waals surface area contributed by atoms with Gasteiger partial charge in [-0.05, 0) is 49.1 Å². The SMILES string of the molecule is Cc1ccncc1NC(=O)C(=O)N1CCCC1c1cccc(F)c1. The molecule has 2 heterocycles. The van der Waals surface area contributed by atoms with E-state index in [-0.39, 0.29) is 11.9 Å². The van der Waals surface area contributed by atoms with Crippen LogP contribution in [-0.4, -0.2) is 28.2 Å². The van der Waals surface area contributed by atoms with Gasteiger partial charge in [-0.25, -0.2) is 4.39 Å². The van der Waals surface area contributed by atoms with Crippen LogP contribution in [0.5, 0.6) is 0 Å². The fourth-order valence-corrected chi connectivity index (χ4v) is 2.97. The summed E-state index contributed by atoms with van der Waals surface area (Å²) in [6.45, 7) is 2.31. The lowest BCUT2D eigenvalue weighted by atomic mass is 10.0. The smallest absolute Gasteiger partial charge is 0.313 e. The average Bonchev–Trinajstić information content (AvgIpc) is 3.06. The third-order valence-corrected chi connectivity index (χ3v) is 4.23. The van der Waals surface area contributed by atoms with E-state index in [0.29, 0.717) is 24.2 Å². The van der Waals surface area contributed by atoms with Gasteiger partial charge >= 0.3 is 11.8 Å². The molecule has 5 nitrogen and oxygen atoms in total. The van der Waals surface area contributed by atoms with Gasteiger partial charge in [0.2, 0.25) is 0 Å². The summed E-state index contributed by atoms with van der Waals surface area (Å²) in [5.41, 5.74) is 2.05. The summed E-state index contributed by atoms with van der Waals surface area (Å²) in [5, 5.41) is 2.60. The topological polar surface area (TPSA) is 62.3 Å². The number of aromatic nitrogens is 1. The minimum atomic E-state index is -0.700. The molecule has 1 atom stereocenters. The molecule has 2 amide bonds. The Morgan fingerprint density at radius 1 is 1.33 bits per heavy atom. The summed E-state index contributed by atoms with van der Waals surface area (Å²) in [4.78, 5) is 30.3. The summed E-state index contributed by atoms with van der Waals surface area (Å²) in [6, 6.07) is 7.66. The lowest BCUT2D eigenvalue weighted by molar-refractivity contribution is -0.143. The van der Waals surface area contributed by atoms with Crippen molar-refractivity contribution in [1.29, 1.82) is 0 Å². The maximum atomic E-state index is 13.4. The number of likely N-dealkylation sites (tertiary alicyclic amines) is 1. The molecule has 0 radical (unpaired) electrons. The number of hydrogen-bond acceptors (Lipinski definition) is 3. The number of carbonyl (C=O) groups is 2. The zero-order chi connectivity index (χ0) is 17.1. The molecular weight excluding hydrogens is 309 g/mol. The second kappa shape index (κ2) is 6.78. The van der Waals surface area contributed by atoms with Crippen LogP contribution in [-0.2, 0) is 9.59 Å². The zero-order valence-corrected chi connectivity index (χ0v) is 13.3. The van der Waals surface area contributed by atoms with Crippen molar-refractivity contribution in [1.82, 2.24) is 9.88 Å². The molecule has 0 spiro atoms. The Kier molecular flexibility index (Phi) is 4.55. The summed E-state index contributed by atoms with van der Waals surface area (Å²) < 4.78 is 13.4. The summed E-state index contributed by atoms with van der Waals surface area (Å²) in [5.74, 6) is -1.65. The Morgan fingerprint density at radius 3 is 2.92 bits per heavy atom. The predicted molar refractivity (Wildman–Crippen MR) is 87.7 cm³/mol. The van der Waals surface area contributed by atoms with Crippen molar-refractivity contribution in [2.75, 3.05) is 11.9 Å². The highest BCUT2D eigenvalue weighted by Gasteiger charge is 2.33. The van der Waals surface area contributed by atoms with E-state index in [9.17, 15) is 14.0 Å². The monoisotopic (exact) mass is 327 g/mol. The van der Waals surface area contributed by atoms with E-state index < -0.39 is 11.8 Å². The van der Waals surface area contributed by atoms with E-state index in [1.165, 1.54) is 23.2 Å². The largest absolute Gasteiger partial charge is 0.327 e. The van der Waals surface area contributed by atoms with Crippen molar-refractivity contribution in [2.45, 2.75) is 25.8 Å². The van der Waals surface area contributed by atoms with Crippen LogP contribution in [0.2, 0.25) is 0 Å². The highest BCUT2D eigenvalue weighted by molar-refractivity contribution is 6.39. The average molecular weight is 327 g/mol. The van der Waals surface area contributed by atoms with Gasteiger partial charge < -0.3 is 10.2 Å². The fraction of sp³-hybridized carbons (Fsp3) is 0.278. The number of anilines is 1. The highest BCUT2D eigenvalue weighted by Crippen LogP contribution is 2.32. The lowest BCUT2D eigenvalue weighted by Gasteiger charge is -2.24. The number of pyridine rings is 1. The van der Waals surface area contributed by atoms with Crippen LogP contribution in [0, 0.1) is 12.7 Å². The van der Waals surface area contributed by atoms with Gasteiger partial charge in [0.1, 0.15) is 5.82 Å². The molecule has 1 aromatic heterocycles. The Bertz CT molecular complexity index is 778. The van der Waals surface area contributed by atoms with Crippen molar-refractivity contribution >= 4 is 17.5 Å². The van der Waals surface area contributed by atoms with Gasteiger partial charge in [-0.1, -0.05) is 12.1 Å². The van der Waals surface area contributed by atoms with E-state index in [2.05, 4.69) is 10.3 Å². The quantitative estimate of drug-likeness (QED) is 0.863. The van der Waals surface area contributed by atoms with Gasteiger partial charge in [-0.2, -0.15) is 0 Å². The van der Waals surface area contributed by atoms with E-state index in [1.54, 1.807) is 24.4 Å². The minimum absolute atomic E-state index is 0.269. The molecule has 124 valence electrons.